The average molecular weight is 289 g/mol. The minimum Gasteiger partial charge on any atom is -0.351 e. The molecule has 3 N–H and O–H groups in total. The van der Waals surface area contributed by atoms with E-state index in [-0.39, 0.29) is 5.91 Å². The number of likely N-dealkylation sites (tertiary alicyclic amines) is 1. The molecule has 21 heavy (non-hydrogen) atoms. The van der Waals surface area contributed by atoms with Crippen LogP contribution < -0.4 is 11.1 Å². The summed E-state index contributed by atoms with van der Waals surface area (Å²) in [5.74, 6) is -0.104. The van der Waals surface area contributed by atoms with Gasteiger partial charge in [0, 0.05) is 13.1 Å². The van der Waals surface area contributed by atoms with Crippen molar-refractivity contribution in [2.45, 2.75) is 51.7 Å². The Morgan fingerprint density at radius 2 is 1.90 bits per heavy atom. The minimum absolute atomic E-state index is 0.104. The molecular formula is C17H27N3O. The first-order valence-corrected chi connectivity index (χ1v) is 7.98. The summed E-state index contributed by atoms with van der Waals surface area (Å²) in [6, 6.07) is 8.02. The van der Waals surface area contributed by atoms with Crippen LogP contribution in [-0.4, -0.2) is 29.9 Å². The van der Waals surface area contributed by atoms with Crippen molar-refractivity contribution >= 4 is 5.91 Å². The number of nitrogens with zero attached hydrogens (tertiary/aromatic N) is 1. The third kappa shape index (κ3) is 5.48. The van der Waals surface area contributed by atoms with Crippen molar-refractivity contribution in [2.24, 2.45) is 5.73 Å². The monoisotopic (exact) mass is 289 g/mol. The second-order valence-electron chi connectivity index (χ2n) is 6.02. The maximum absolute atomic E-state index is 11.5. The summed E-state index contributed by atoms with van der Waals surface area (Å²) in [6.45, 7) is 5.66. The van der Waals surface area contributed by atoms with Gasteiger partial charge in [-0.3, -0.25) is 9.69 Å². The van der Waals surface area contributed by atoms with Crippen molar-refractivity contribution in [3.63, 3.8) is 0 Å². The SMILES string of the molecule is C[C@@H](N)C(=O)NCc1cccc(CN2CCCCCC2)c1. The van der Waals surface area contributed by atoms with Gasteiger partial charge in [-0.25, -0.2) is 0 Å². The summed E-state index contributed by atoms with van der Waals surface area (Å²) in [7, 11) is 0. The second-order valence-corrected chi connectivity index (χ2v) is 6.02. The molecule has 1 aliphatic rings. The van der Waals surface area contributed by atoms with Crippen LogP contribution in [0.1, 0.15) is 43.7 Å². The largest absolute Gasteiger partial charge is 0.351 e. The molecule has 1 aliphatic heterocycles. The van der Waals surface area contributed by atoms with Crippen LogP contribution in [0.4, 0.5) is 0 Å². The molecule has 4 nitrogen and oxygen atoms in total. The second kappa shape index (κ2) is 8.15. The number of hydrogen-bond donors (Lipinski definition) is 2. The van der Waals surface area contributed by atoms with Gasteiger partial charge in [0.2, 0.25) is 5.91 Å². The van der Waals surface area contributed by atoms with E-state index in [1.54, 1.807) is 6.92 Å². The van der Waals surface area contributed by atoms with Crippen LogP contribution in [0.5, 0.6) is 0 Å². The Hall–Kier alpha value is -1.39. The third-order valence-electron chi connectivity index (χ3n) is 3.98. The van der Waals surface area contributed by atoms with Gasteiger partial charge < -0.3 is 11.1 Å². The molecule has 1 fully saturated rings. The predicted molar refractivity (Wildman–Crippen MR) is 85.7 cm³/mol. The van der Waals surface area contributed by atoms with Crippen molar-refractivity contribution in [3.8, 4) is 0 Å². The minimum atomic E-state index is -0.453. The number of carbonyl (C=O) groups is 1. The summed E-state index contributed by atoms with van der Waals surface area (Å²) in [5, 5.41) is 2.86. The molecule has 1 saturated heterocycles. The fraction of sp³-hybridized carbons (Fsp3) is 0.588. The van der Waals surface area contributed by atoms with Gasteiger partial charge in [-0.15, -0.1) is 0 Å². The van der Waals surface area contributed by atoms with Crippen LogP contribution in [0.15, 0.2) is 24.3 Å². The topological polar surface area (TPSA) is 58.4 Å². The molecule has 116 valence electrons. The normalized spacial score (nSPS) is 18.0. The molecule has 1 heterocycles. The summed E-state index contributed by atoms with van der Waals surface area (Å²) in [6.07, 6.45) is 5.34. The molecule has 1 aromatic carbocycles. The zero-order valence-electron chi connectivity index (χ0n) is 13.0. The van der Waals surface area contributed by atoms with Gasteiger partial charge in [0.25, 0.3) is 0 Å². The van der Waals surface area contributed by atoms with Crippen LogP contribution in [0.3, 0.4) is 0 Å². The van der Waals surface area contributed by atoms with Crippen molar-refractivity contribution in [3.05, 3.63) is 35.4 Å². The lowest BCUT2D eigenvalue weighted by Crippen LogP contribution is -2.37. The highest BCUT2D eigenvalue weighted by molar-refractivity contribution is 5.80. The van der Waals surface area contributed by atoms with E-state index < -0.39 is 6.04 Å². The van der Waals surface area contributed by atoms with E-state index in [1.807, 2.05) is 6.07 Å². The van der Waals surface area contributed by atoms with Crippen LogP contribution in [-0.2, 0) is 17.9 Å². The maximum Gasteiger partial charge on any atom is 0.236 e. The summed E-state index contributed by atoms with van der Waals surface area (Å²) >= 11 is 0. The van der Waals surface area contributed by atoms with Crippen LogP contribution in [0, 0.1) is 0 Å². The smallest absolute Gasteiger partial charge is 0.236 e. The highest BCUT2D eigenvalue weighted by Gasteiger charge is 2.10. The van der Waals surface area contributed by atoms with Gasteiger partial charge in [0.15, 0.2) is 0 Å². The number of carbonyl (C=O) groups excluding carboxylic acids is 1. The van der Waals surface area contributed by atoms with Crippen molar-refractivity contribution < 1.29 is 4.79 Å². The number of hydrogen-bond acceptors (Lipinski definition) is 3. The van der Waals surface area contributed by atoms with E-state index in [0.29, 0.717) is 6.54 Å². The molecule has 0 radical (unpaired) electrons. The van der Waals surface area contributed by atoms with Gasteiger partial charge in [-0.05, 0) is 44.0 Å². The Bertz CT molecular complexity index is 451. The van der Waals surface area contributed by atoms with Gasteiger partial charge >= 0.3 is 0 Å². The number of amides is 1. The lowest BCUT2D eigenvalue weighted by molar-refractivity contribution is -0.122. The van der Waals surface area contributed by atoms with E-state index in [0.717, 1.165) is 12.1 Å². The summed E-state index contributed by atoms with van der Waals surface area (Å²) in [4.78, 5) is 14.0. The molecule has 4 heteroatoms. The van der Waals surface area contributed by atoms with Gasteiger partial charge in [0.05, 0.1) is 6.04 Å². The fourth-order valence-corrected chi connectivity index (χ4v) is 2.74. The predicted octanol–water partition coefficient (Wildman–Crippen LogP) is 2.03. The summed E-state index contributed by atoms with van der Waals surface area (Å²) in [5.41, 5.74) is 8.01. The molecule has 0 bridgehead atoms. The molecule has 0 unspecified atom stereocenters. The molecule has 1 amide bonds. The van der Waals surface area contributed by atoms with E-state index in [1.165, 1.54) is 44.3 Å². The lowest BCUT2D eigenvalue weighted by atomic mass is 10.1. The zero-order valence-corrected chi connectivity index (χ0v) is 13.0. The van der Waals surface area contributed by atoms with E-state index in [4.69, 9.17) is 5.73 Å². The highest BCUT2D eigenvalue weighted by atomic mass is 16.2. The molecule has 0 aliphatic carbocycles. The quantitative estimate of drug-likeness (QED) is 0.872. The first-order chi connectivity index (χ1) is 10.1. The van der Waals surface area contributed by atoms with Gasteiger partial charge in [0.1, 0.15) is 0 Å². The van der Waals surface area contributed by atoms with Crippen molar-refractivity contribution in [1.29, 1.82) is 0 Å². The standard InChI is InChI=1S/C17H27N3O/c1-14(18)17(21)19-12-15-7-6-8-16(11-15)13-20-9-4-2-3-5-10-20/h6-8,11,14H,2-5,9-10,12-13,18H2,1H3,(H,19,21)/t14-/m1/s1. The number of rotatable bonds is 5. The lowest BCUT2D eigenvalue weighted by Gasteiger charge is -2.20. The molecule has 0 aromatic heterocycles. The first-order valence-electron chi connectivity index (χ1n) is 7.98. The zero-order chi connectivity index (χ0) is 15.1. The Morgan fingerprint density at radius 3 is 2.57 bits per heavy atom. The van der Waals surface area contributed by atoms with Gasteiger partial charge in [-0.2, -0.15) is 0 Å². The Labute approximate surface area is 127 Å². The van der Waals surface area contributed by atoms with Gasteiger partial charge in [-0.1, -0.05) is 37.1 Å². The maximum atomic E-state index is 11.5. The van der Waals surface area contributed by atoms with E-state index in [2.05, 4.69) is 28.4 Å². The number of nitrogens with two attached hydrogens (primary N) is 1. The third-order valence-corrected chi connectivity index (χ3v) is 3.98. The summed E-state index contributed by atoms with van der Waals surface area (Å²) < 4.78 is 0. The van der Waals surface area contributed by atoms with Crippen molar-refractivity contribution in [1.82, 2.24) is 10.2 Å². The Balaban J connectivity index is 1.89. The highest BCUT2D eigenvalue weighted by Crippen LogP contribution is 2.14. The van der Waals surface area contributed by atoms with Crippen molar-refractivity contribution in [2.75, 3.05) is 13.1 Å². The molecule has 1 atom stereocenters. The van der Waals surface area contributed by atoms with Crippen LogP contribution in [0.25, 0.3) is 0 Å². The van der Waals surface area contributed by atoms with Crippen LogP contribution in [0.2, 0.25) is 0 Å². The molecular weight excluding hydrogens is 262 g/mol. The molecule has 0 saturated carbocycles. The average Bonchev–Trinajstić information content (AvgIpc) is 2.73. The van der Waals surface area contributed by atoms with Crippen LogP contribution >= 0.6 is 0 Å². The Morgan fingerprint density at radius 1 is 1.24 bits per heavy atom. The molecule has 1 aromatic rings. The molecule has 0 spiro atoms. The Kier molecular flexibility index (Phi) is 6.21. The van der Waals surface area contributed by atoms with E-state index >= 15 is 0 Å². The number of benzene rings is 1. The molecule has 2 rings (SSSR count). The van der Waals surface area contributed by atoms with E-state index in [9.17, 15) is 4.79 Å². The number of nitrogens with one attached hydrogen (secondary N) is 1. The first kappa shape index (κ1) is 16.0. The fourth-order valence-electron chi connectivity index (χ4n) is 2.74.